The van der Waals surface area contributed by atoms with Gasteiger partial charge in [-0.3, -0.25) is 62.3 Å². The molecular weight excluding hydrogens is 1600 g/mol. The average molecular weight is 1700 g/mol. The molecule has 10 amide bonds. The zero-order valence-corrected chi connectivity index (χ0v) is 69.6. The Kier molecular flexibility index (Phi) is 37.0. The van der Waals surface area contributed by atoms with E-state index in [9.17, 15) is 87.5 Å². The lowest BCUT2D eigenvalue weighted by Crippen LogP contribution is -2.55. The number of thioether (sulfide) groups is 1. The van der Waals surface area contributed by atoms with E-state index in [4.69, 9.17) is 28.1 Å². The van der Waals surface area contributed by atoms with Crippen LogP contribution in [0.15, 0.2) is 149 Å². The average Bonchev–Trinajstić information content (AvgIpc) is 0.747. The molecule has 32 nitrogen and oxygen atoms in total. The highest BCUT2D eigenvalue weighted by Crippen LogP contribution is 2.42. The number of aromatic hydroxyl groups is 1. The largest absolute Gasteiger partial charge is 0.508 e. The molecule has 0 spiro atoms. The molecular formula is C87H107N13O19S2. The van der Waals surface area contributed by atoms with Crippen molar-refractivity contribution in [2.24, 2.45) is 17.4 Å². The van der Waals surface area contributed by atoms with Gasteiger partial charge in [-0.25, -0.2) is 4.79 Å². The van der Waals surface area contributed by atoms with Gasteiger partial charge in [0.05, 0.1) is 31.7 Å². The van der Waals surface area contributed by atoms with E-state index in [1.165, 1.54) is 58.0 Å². The number of fused-ring (bicyclic) bond motifs is 31. The number of carboxylic acids is 3. The van der Waals surface area contributed by atoms with E-state index in [2.05, 4.69) is 37.2 Å². The summed E-state index contributed by atoms with van der Waals surface area (Å²) in [6.45, 7) is 2.05. The molecule has 5 aromatic rings. The normalized spacial score (nSPS) is 17.0. The van der Waals surface area contributed by atoms with Gasteiger partial charge in [-0.2, -0.15) is 11.8 Å². The molecule has 34 heteroatoms. The molecule has 1 aliphatic carbocycles. The number of carbonyl (C=O) groups is 13. The van der Waals surface area contributed by atoms with Crippen molar-refractivity contribution in [1.29, 1.82) is 0 Å². The number of thiocarbonyl (C=S) groups is 1. The number of aromatic carboxylic acids is 1. The van der Waals surface area contributed by atoms with E-state index in [-0.39, 0.29) is 146 Å². The van der Waals surface area contributed by atoms with Gasteiger partial charge in [-0.1, -0.05) is 92.7 Å². The van der Waals surface area contributed by atoms with Gasteiger partial charge in [0.1, 0.15) is 23.1 Å². The van der Waals surface area contributed by atoms with Crippen molar-refractivity contribution in [3.05, 3.63) is 178 Å². The zero-order chi connectivity index (χ0) is 87.7. The van der Waals surface area contributed by atoms with Gasteiger partial charge >= 0.3 is 17.9 Å². The molecule has 5 atom stereocenters. The molecule has 3 heterocycles. The number of aryl methyl sites for hydroxylation is 2. The third kappa shape index (κ3) is 31.4. The number of nitrogens with two attached hydrogens (primary N) is 2. The van der Waals surface area contributed by atoms with E-state index in [1.54, 1.807) is 79.7 Å². The van der Waals surface area contributed by atoms with Crippen LogP contribution < -0.4 is 54.1 Å². The highest BCUT2D eigenvalue weighted by molar-refractivity contribution is 7.98. The molecule has 9 rings (SSSR count). The molecule has 0 fully saturated rings. The number of anilines is 1. The molecule has 15 N–H and O–H groups in total. The lowest BCUT2D eigenvalue weighted by molar-refractivity contribution is -0.139. The maximum Gasteiger partial charge on any atom is 0.336 e. The summed E-state index contributed by atoms with van der Waals surface area (Å²) in [7, 11) is 0. The van der Waals surface area contributed by atoms with Crippen LogP contribution in [0.4, 0.5) is 5.69 Å². The Morgan fingerprint density at radius 2 is 1.20 bits per heavy atom. The van der Waals surface area contributed by atoms with Gasteiger partial charge in [0.15, 0.2) is 10.5 Å². The Balaban J connectivity index is 1.03. The molecule has 2 bridgehead atoms. The first-order valence-electron chi connectivity index (χ1n) is 40.3. The van der Waals surface area contributed by atoms with Crippen LogP contribution in [-0.2, 0) is 71.3 Å². The summed E-state index contributed by atoms with van der Waals surface area (Å²) in [6.07, 6.45) is -0.595. The SMILES string of the molecule is CC(C)C[C@H]1CN(C(=O)CCc2ccccc2)CC(=O)N[C@@H](CCC(=O)O)CN(C(=O)CCc2ccccc2)CC(=O)N[C@@H](CCC(=O)O)CN(CC(=O)N[C@@H](CCCCNC(=S)Nc2ccc(-c3c4ccc(=O)cc-4oc4cc(O)ccc34)c(C(=O)O)c2)C(N)=O)C(=O)CCSCc2ccc(cc2)C(=O)N[C@@H](C)CN(C(=O)CCCN)CC(=O)N1. The Morgan fingerprint density at radius 3 is 1.78 bits per heavy atom. The molecule has 0 aromatic heterocycles. The molecule has 0 saturated heterocycles. The minimum atomic E-state index is -1.29. The van der Waals surface area contributed by atoms with Crippen LogP contribution in [0.2, 0.25) is 0 Å². The summed E-state index contributed by atoms with van der Waals surface area (Å²) >= 11 is 6.91. The molecule has 3 aliphatic heterocycles. The van der Waals surface area contributed by atoms with E-state index in [1.807, 2.05) is 44.2 Å². The number of rotatable bonds is 29. The summed E-state index contributed by atoms with van der Waals surface area (Å²) in [4.78, 5) is 198. The summed E-state index contributed by atoms with van der Waals surface area (Å²) in [5.74, 6) is -10.1. The second kappa shape index (κ2) is 47.5. The van der Waals surface area contributed by atoms with Crippen molar-refractivity contribution in [1.82, 2.24) is 51.5 Å². The maximum absolute atomic E-state index is 14.8. The Hall–Kier alpha value is -12.3. The first kappa shape index (κ1) is 94.2. The quantitative estimate of drug-likeness (QED) is 0.0104. The van der Waals surface area contributed by atoms with E-state index >= 15 is 0 Å². The number of hydrogen-bond acceptors (Lipinski definition) is 19. The Morgan fingerprint density at radius 1 is 0.628 bits per heavy atom. The van der Waals surface area contributed by atoms with Gasteiger partial charge in [-0.15, -0.1) is 0 Å². The topological polar surface area (TPSA) is 482 Å². The van der Waals surface area contributed by atoms with Crippen molar-refractivity contribution >= 4 is 123 Å². The number of carboxylic acid groups (broad SMARTS) is 3. The molecule has 5 aromatic carbocycles. The highest BCUT2D eigenvalue weighted by atomic mass is 32.2. The number of phenolic OH excluding ortho intramolecular Hbond substituents is 1. The van der Waals surface area contributed by atoms with Crippen LogP contribution in [0, 0.1) is 5.92 Å². The van der Waals surface area contributed by atoms with Crippen molar-refractivity contribution in [3.63, 3.8) is 0 Å². The summed E-state index contributed by atoms with van der Waals surface area (Å²) in [5, 5.41) is 61.7. The van der Waals surface area contributed by atoms with Crippen molar-refractivity contribution < 1.29 is 87.2 Å². The third-order valence-corrected chi connectivity index (χ3v) is 21.3. The van der Waals surface area contributed by atoms with Crippen molar-refractivity contribution in [2.45, 2.75) is 153 Å². The minimum Gasteiger partial charge on any atom is -0.508 e. The third-order valence-electron chi connectivity index (χ3n) is 20.0. The van der Waals surface area contributed by atoms with Crippen LogP contribution >= 0.6 is 24.0 Å². The number of aliphatic carboxylic acids is 2. The van der Waals surface area contributed by atoms with E-state index in [0.717, 1.165) is 26.5 Å². The fourth-order valence-electron chi connectivity index (χ4n) is 14.1. The van der Waals surface area contributed by atoms with Crippen LogP contribution in [0.25, 0.3) is 33.4 Å². The lowest BCUT2D eigenvalue weighted by Gasteiger charge is -2.32. The molecule has 646 valence electrons. The second-order valence-electron chi connectivity index (χ2n) is 30.4. The fourth-order valence-corrected chi connectivity index (χ4v) is 15.2. The van der Waals surface area contributed by atoms with E-state index in [0.29, 0.717) is 47.2 Å². The van der Waals surface area contributed by atoms with Crippen LogP contribution in [0.5, 0.6) is 5.75 Å². The first-order chi connectivity index (χ1) is 57.9. The van der Waals surface area contributed by atoms with Gasteiger partial charge in [0.2, 0.25) is 53.2 Å². The number of amides is 10. The van der Waals surface area contributed by atoms with Crippen molar-refractivity contribution in [2.75, 3.05) is 76.5 Å². The highest BCUT2D eigenvalue weighted by Gasteiger charge is 2.33. The monoisotopic (exact) mass is 1700 g/mol. The van der Waals surface area contributed by atoms with Crippen molar-refractivity contribution in [3.8, 4) is 28.2 Å². The second-order valence-corrected chi connectivity index (χ2v) is 31.9. The standard InChI is InChI=1S/C87H107N13O19S2/c1-54(2)41-63-48-100(79(109)34-22-57-15-8-5-9-16-57)51-74(104)92-61(26-35-81(111)112)46-98(78(108)33-21-56-13-6-4-7-14-56)50-73(103)93-62(27-36-82(113)114)47-99(80(110)37-40-121-53-58-19-23-59(24-20-58)85(116)91-55(3)45-97(49-75(105)94-63)77(107)18-12-38-88)52-76(106)96-70(84(89)115)17-10-11-39-90-87(120)95-60-25-30-66(69(42-60)86(117)118)83-67-31-28-64(101)43-71(67)119-72-44-65(102)29-32-68(72)83/h4-9,13-16,19-20,23-25,28-32,42-44,54-55,61-63,70,101H,10-12,17-18,21-22,26-27,33-41,45-53,88H2,1-3H3,(H2,89,115)(H,91,116)(H,92,104)(H,93,103)(H,94,105)(H,96,106)(H,111,112)(H,113,114)(H,117,118)(H2,90,95,120)/t55-,61-,62-,63-,70-/m0/s1. The fraction of sp³-hybridized carbons (Fsp3) is 0.414. The molecule has 0 radical (unpaired) electrons. The van der Waals surface area contributed by atoms with Gasteiger partial charge < -0.3 is 93.1 Å². The maximum atomic E-state index is 14.8. The summed E-state index contributed by atoms with van der Waals surface area (Å²) < 4.78 is 5.95. The number of phenols is 1. The number of nitrogens with zero attached hydrogens (tertiary/aromatic N) is 4. The van der Waals surface area contributed by atoms with E-state index < -0.39 is 159 Å². The van der Waals surface area contributed by atoms with Gasteiger partial charge in [-0.05, 0) is 160 Å². The molecule has 121 heavy (non-hydrogen) atoms. The number of primary amides is 1. The molecule has 4 aliphatic rings. The summed E-state index contributed by atoms with van der Waals surface area (Å²) in [6, 6.07) is 32.5. The molecule has 0 saturated carbocycles. The van der Waals surface area contributed by atoms with Crippen LogP contribution in [0.1, 0.15) is 142 Å². The predicted molar refractivity (Wildman–Crippen MR) is 460 cm³/mol. The van der Waals surface area contributed by atoms with Gasteiger partial charge in [0.25, 0.3) is 5.91 Å². The Labute approximate surface area is 710 Å². The summed E-state index contributed by atoms with van der Waals surface area (Å²) in [5.41, 5.74) is 15.5. The molecule has 0 unspecified atom stereocenters. The number of carbonyl (C=O) groups excluding carboxylic acids is 10. The number of benzene rings is 6. The first-order valence-corrected chi connectivity index (χ1v) is 41.8. The number of nitrogens with one attached hydrogen (secondary N) is 7. The predicted octanol–water partition coefficient (Wildman–Crippen LogP) is 6.40. The minimum absolute atomic E-state index is 0.00372. The van der Waals surface area contributed by atoms with Crippen LogP contribution in [-0.4, -0.2) is 224 Å². The number of unbranched alkanes of at least 4 members (excludes halogenated alkanes) is 1. The Bertz CT molecular complexity index is 4820. The van der Waals surface area contributed by atoms with Crippen LogP contribution in [0.3, 0.4) is 0 Å². The lowest BCUT2D eigenvalue weighted by atomic mass is 9.90. The van der Waals surface area contributed by atoms with Gasteiger partial charge in [0, 0.05) is 147 Å². The zero-order valence-electron chi connectivity index (χ0n) is 68.0. The number of hydrogen-bond donors (Lipinski definition) is 13. The smallest absolute Gasteiger partial charge is 0.336 e.